The summed E-state index contributed by atoms with van der Waals surface area (Å²) < 4.78 is 6.65. The van der Waals surface area contributed by atoms with E-state index in [-0.39, 0.29) is 17.8 Å². The number of phenols is 1. The number of methoxy groups -OCH3 is 1. The molecular weight excluding hydrogens is 242 g/mol. The number of rotatable bonds is 3. The van der Waals surface area contributed by atoms with Crippen LogP contribution in [0, 0.1) is 0 Å². The normalized spacial score (nSPS) is 10.7. The van der Waals surface area contributed by atoms with Crippen LogP contribution >= 0.6 is 0 Å². The largest absolute Gasteiger partial charge is 0.507 e. The van der Waals surface area contributed by atoms with Crippen molar-refractivity contribution in [3.8, 4) is 17.0 Å². The quantitative estimate of drug-likeness (QED) is 0.861. The number of esters is 1. The van der Waals surface area contributed by atoms with E-state index in [0.29, 0.717) is 11.3 Å². The molecule has 0 saturated heterocycles. The van der Waals surface area contributed by atoms with Crippen molar-refractivity contribution in [3.63, 3.8) is 0 Å². The first-order chi connectivity index (χ1) is 9.06. The summed E-state index contributed by atoms with van der Waals surface area (Å²) in [4.78, 5) is 11.8. The number of carbonyl (C=O) groups excluding carboxylic acids is 1. The summed E-state index contributed by atoms with van der Waals surface area (Å²) in [5.41, 5.74) is 1.98. The molecule has 0 fully saturated rings. The van der Waals surface area contributed by atoms with Gasteiger partial charge in [-0.1, -0.05) is 12.1 Å². The van der Waals surface area contributed by atoms with Gasteiger partial charge in [0.05, 0.1) is 12.8 Å². The van der Waals surface area contributed by atoms with Gasteiger partial charge in [0.1, 0.15) is 11.4 Å². The fourth-order valence-electron chi connectivity index (χ4n) is 2.19. The number of phenolic OH excluding ortho intramolecular Hbond substituents is 1. The highest BCUT2D eigenvalue weighted by Gasteiger charge is 2.19. The minimum atomic E-state index is -0.379. The molecule has 4 nitrogen and oxygen atoms in total. The monoisotopic (exact) mass is 259 g/mol. The molecule has 100 valence electrons. The van der Waals surface area contributed by atoms with E-state index in [9.17, 15) is 9.90 Å². The Kier molecular flexibility index (Phi) is 3.60. The van der Waals surface area contributed by atoms with Crippen LogP contribution in [0.5, 0.6) is 5.75 Å². The fraction of sp³-hybridized carbons (Fsp3) is 0.267. The van der Waals surface area contributed by atoms with Gasteiger partial charge < -0.3 is 14.4 Å². The first kappa shape index (κ1) is 13.2. The molecule has 0 aliphatic carbocycles. The maximum absolute atomic E-state index is 11.8. The molecule has 0 atom stereocenters. The maximum Gasteiger partial charge on any atom is 0.354 e. The molecule has 1 heterocycles. The van der Waals surface area contributed by atoms with E-state index in [4.69, 9.17) is 4.74 Å². The first-order valence-electron chi connectivity index (χ1n) is 6.14. The van der Waals surface area contributed by atoms with Crippen LogP contribution in [0.2, 0.25) is 0 Å². The average molecular weight is 259 g/mol. The lowest BCUT2D eigenvalue weighted by atomic mass is 10.1. The molecule has 2 aromatic rings. The molecule has 4 heteroatoms. The number of benzene rings is 1. The van der Waals surface area contributed by atoms with Gasteiger partial charge in [-0.25, -0.2) is 4.79 Å². The Morgan fingerprint density at radius 1 is 1.21 bits per heavy atom. The van der Waals surface area contributed by atoms with Gasteiger partial charge in [0.2, 0.25) is 0 Å². The third-order valence-electron chi connectivity index (χ3n) is 3.01. The molecule has 0 saturated carbocycles. The molecule has 0 aliphatic rings. The van der Waals surface area contributed by atoms with Crippen LogP contribution in [0.25, 0.3) is 11.3 Å². The van der Waals surface area contributed by atoms with Crippen molar-refractivity contribution in [1.29, 1.82) is 0 Å². The summed E-state index contributed by atoms with van der Waals surface area (Å²) in [5.74, 6) is -0.186. The summed E-state index contributed by atoms with van der Waals surface area (Å²) >= 11 is 0. The Morgan fingerprint density at radius 3 is 2.47 bits per heavy atom. The van der Waals surface area contributed by atoms with Crippen molar-refractivity contribution >= 4 is 5.97 Å². The molecule has 2 rings (SSSR count). The Bertz CT molecular complexity index is 599. The highest BCUT2D eigenvalue weighted by atomic mass is 16.5. The van der Waals surface area contributed by atoms with Gasteiger partial charge in [0.25, 0.3) is 0 Å². The number of carbonyl (C=O) groups is 1. The zero-order valence-electron chi connectivity index (χ0n) is 11.3. The second-order valence-electron chi connectivity index (χ2n) is 4.58. The third kappa shape index (κ3) is 2.34. The Labute approximate surface area is 112 Å². The second-order valence-corrected chi connectivity index (χ2v) is 4.58. The molecule has 0 spiro atoms. The maximum atomic E-state index is 11.8. The number of hydrogen-bond acceptors (Lipinski definition) is 3. The van der Waals surface area contributed by atoms with Crippen molar-refractivity contribution < 1.29 is 14.6 Å². The van der Waals surface area contributed by atoms with Gasteiger partial charge in [0.15, 0.2) is 0 Å². The zero-order valence-corrected chi connectivity index (χ0v) is 11.3. The summed E-state index contributed by atoms with van der Waals surface area (Å²) in [7, 11) is 1.36. The Balaban J connectivity index is 2.62. The summed E-state index contributed by atoms with van der Waals surface area (Å²) in [6.45, 7) is 3.96. The Hall–Kier alpha value is -2.23. The van der Waals surface area contributed by atoms with E-state index in [1.54, 1.807) is 18.2 Å². The standard InChI is InChI=1S/C15H17NO3/c1-10(2)16-12(8-9-13(16)15(18)19-3)11-6-4-5-7-14(11)17/h4-10,17H,1-3H3. The SMILES string of the molecule is COC(=O)c1ccc(-c2ccccc2O)n1C(C)C. The summed E-state index contributed by atoms with van der Waals surface area (Å²) in [6, 6.07) is 10.7. The smallest absolute Gasteiger partial charge is 0.354 e. The van der Waals surface area contributed by atoms with Gasteiger partial charge in [-0.3, -0.25) is 0 Å². The summed E-state index contributed by atoms with van der Waals surface area (Å²) in [5, 5.41) is 9.95. The van der Waals surface area contributed by atoms with Crippen LogP contribution in [0.3, 0.4) is 0 Å². The van der Waals surface area contributed by atoms with E-state index < -0.39 is 0 Å². The molecule has 1 N–H and O–H groups in total. The molecular formula is C15H17NO3. The topological polar surface area (TPSA) is 51.5 Å². The Morgan fingerprint density at radius 2 is 1.89 bits per heavy atom. The first-order valence-corrected chi connectivity index (χ1v) is 6.14. The van der Waals surface area contributed by atoms with Gasteiger partial charge in [-0.05, 0) is 38.1 Å². The van der Waals surface area contributed by atoms with Crippen molar-refractivity contribution in [2.24, 2.45) is 0 Å². The van der Waals surface area contributed by atoms with Crippen LogP contribution in [-0.2, 0) is 4.74 Å². The number of aromatic nitrogens is 1. The van der Waals surface area contributed by atoms with Crippen LogP contribution in [0.4, 0.5) is 0 Å². The number of nitrogens with zero attached hydrogens (tertiary/aromatic N) is 1. The van der Waals surface area contributed by atoms with E-state index in [1.165, 1.54) is 7.11 Å². The third-order valence-corrected chi connectivity index (χ3v) is 3.01. The number of ether oxygens (including phenoxy) is 1. The van der Waals surface area contributed by atoms with Gasteiger partial charge in [-0.2, -0.15) is 0 Å². The lowest BCUT2D eigenvalue weighted by molar-refractivity contribution is 0.0587. The highest BCUT2D eigenvalue weighted by molar-refractivity contribution is 5.89. The van der Waals surface area contributed by atoms with E-state index in [0.717, 1.165) is 5.69 Å². The minimum absolute atomic E-state index is 0.0821. The van der Waals surface area contributed by atoms with Gasteiger partial charge in [-0.15, -0.1) is 0 Å². The fourth-order valence-corrected chi connectivity index (χ4v) is 2.19. The summed E-state index contributed by atoms with van der Waals surface area (Å²) in [6.07, 6.45) is 0. The molecule has 1 aromatic heterocycles. The van der Waals surface area contributed by atoms with Gasteiger partial charge >= 0.3 is 5.97 Å². The molecule has 0 radical (unpaired) electrons. The van der Waals surface area contributed by atoms with Crippen molar-refractivity contribution in [2.75, 3.05) is 7.11 Å². The molecule has 0 aliphatic heterocycles. The van der Waals surface area contributed by atoms with E-state index in [1.807, 2.05) is 36.6 Å². The van der Waals surface area contributed by atoms with Crippen LogP contribution < -0.4 is 0 Å². The zero-order chi connectivity index (χ0) is 14.0. The predicted octanol–water partition coefficient (Wildman–Crippen LogP) is 3.23. The predicted molar refractivity (Wildman–Crippen MR) is 73.3 cm³/mol. The van der Waals surface area contributed by atoms with Gasteiger partial charge in [0, 0.05) is 11.6 Å². The lowest BCUT2D eigenvalue weighted by Crippen LogP contribution is -2.13. The van der Waals surface area contributed by atoms with Crippen LogP contribution in [-0.4, -0.2) is 22.8 Å². The molecule has 1 aromatic carbocycles. The average Bonchev–Trinajstić information content (AvgIpc) is 2.83. The molecule has 19 heavy (non-hydrogen) atoms. The number of aromatic hydroxyl groups is 1. The van der Waals surface area contributed by atoms with Crippen molar-refractivity contribution in [1.82, 2.24) is 4.57 Å². The van der Waals surface area contributed by atoms with Crippen LogP contribution in [0.15, 0.2) is 36.4 Å². The lowest BCUT2D eigenvalue weighted by Gasteiger charge is -2.16. The van der Waals surface area contributed by atoms with E-state index in [2.05, 4.69) is 0 Å². The minimum Gasteiger partial charge on any atom is -0.507 e. The molecule has 0 unspecified atom stereocenters. The number of hydrogen-bond donors (Lipinski definition) is 1. The van der Waals surface area contributed by atoms with Crippen molar-refractivity contribution in [3.05, 3.63) is 42.1 Å². The molecule has 0 amide bonds. The second kappa shape index (κ2) is 5.18. The van der Waals surface area contributed by atoms with Crippen LogP contribution in [0.1, 0.15) is 30.4 Å². The molecule has 0 bridgehead atoms. The van der Waals surface area contributed by atoms with Crippen molar-refractivity contribution in [2.45, 2.75) is 19.9 Å². The number of para-hydroxylation sites is 1. The highest BCUT2D eigenvalue weighted by Crippen LogP contribution is 2.32. The van der Waals surface area contributed by atoms with E-state index >= 15 is 0 Å².